The molecule has 0 saturated carbocycles. The summed E-state index contributed by atoms with van der Waals surface area (Å²) in [7, 11) is 0. The zero-order chi connectivity index (χ0) is 16.4. The number of fused-ring (bicyclic) bond motifs is 1. The van der Waals surface area contributed by atoms with Crippen LogP contribution in [0.2, 0.25) is 0 Å². The summed E-state index contributed by atoms with van der Waals surface area (Å²) in [5, 5.41) is 14.2. The van der Waals surface area contributed by atoms with Crippen LogP contribution in [0.15, 0.2) is 35.3 Å². The molecule has 0 bridgehead atoms. The maximum atomic E-state index is 9.83. The fourth-order valence-corrected chi connectivity index (χ4v) is 2.63. The quantitative estimate of drug-likeness (QED) is 0.793. The summed E-state index contributed by atoms with van der Waals surface area (Å²) in [5.41, 5.74) is 9.37. The summed E-state index contributed by atoms with van der Waals surface area (Å²) in [6.07, 6.45) is 4.50. The first-order valence-corrected chi connectivity index (χ1v) is 7.78. The molecule has 0 atom stereocenters. The number of nitrogens with two attached hydrogens (primary N) is 1. The predicted octanol–water partition coefficient (Wildman–Crippen LogP) is 2.86. The molecule has 120 valence electrons. The first-order valence-electron chi connectivity index (χ1n) is 7.78. The van der Waals surface area contributed by atoms with Gasteiger partial charge in [-0.3, -0.25) is 4.99 Å². The molecule has 1 aromatic carbocycles. The molecule has 0 saturated heterocycles. The van der Waals surface area contributed by atoms with Crippen molar-refractivity contribution < 1.29 is 5.11 Å². The van der Waals surface area contributed by atoms with Gasteiger partial charge in [-0.1, -0.05) is 12.1 Å². The van der Waals surface area contributed by atoms with Crippen LogP contribution < -0.4 is 11.1 Å². The third kappa shape index (κ3) is 3.68. The van der Waals surface area contributed by atoms with E-state index in [1.54, 1.807) is 13.8 Å². The van der Waals surface area contributed by atoms with Crippen molar-refractivity contribution in [3.8, 4) is 0 Å². The Balaban J connectivity index is 1.89. The molecule has 4 N–H and O–H groups in total. The van der Waals surface area contributed by atoms with E-state index < -0.39 is 5.60 Å². The topological polar surface area (TPSA) is 83.5 Å². The van der Waals surface area contributed by atoms with Crippen LogP contribution in [0.4, 0.5) is 11.5 Å². The van der Waals surface area contributed by atoms with Gasteiger partial charge in [0.1, 0.15) is 5.82 Å². The standard InChI is InChI=1S/C18H22N4O/c1-18(2,23)6-8-21-15-10-17(19)22-16-9-12(3-4-14(15)16)13-5-7-20-11-13/h3-5,7,9-10,23H,6,8,11H2,1-2H3,(H3,19,21,22). The number of nitrogen functional groups attached to an aromatic ring is 1. The number of rotatable bonds is 5. The molecule has 0 amide bonds. The zero-order valence-electron chi connectivity index (χ0n) is 13.5. The summed E-state index contributed by atoms with van der Waals surface area (Å²) in [5.74, 6) is 0.483. The molecule has 0 spiro atoms. The van der Waals surface area contributed by atoms with E-state index in [2.05, 4.69) is 27.4 Å². The summed E-state index contributed by atoms with van der Waals surface area (Å²) in [4.78, 5) is 8.67. The molecular weight excluding hydrogens is 288 g/mol. The van der Waals surface area contributed by atoms with Crippen LogP contribution in [-0.2, 0) is 0 Å². The van der Waals surface area contributed by atoms with Crippen LogP contribution in [-0.4, -0.2) is 35.0 Å². The number of aliphatic hydroxyl groups is 1. The van der Waals surface area contributed by atoms with E-state index in [0.717, 1.165) is 22.2 Å². The Morgan fingerprint density at radius 1 is 1.30 bits per heavy atom. The Morgan fingerprint density at radius 3 is 2.83 bits per heavy atom. The molecule has 0 aliphatic carbocycles. The number of nitrogens with one attached hydrogen (secondary N) is 1. The maximum absolute atomic E-state index is 9.83. The normalized spacial score (nSPS) is 14.3. The average Bonchev–Trinajstić information content (AvgIpc) is 2.99. The number of anilines is 2. The minimum Gasteiger partial charge on any atom is -0.390 e. The molecule has 1 aliphatic heterocycles. The number of benzene rings is 1. The number of hydrogen-bond donors (Lipinski definition) is 3. The lowest BCUT2D eigenvalue weighted by molar-refractivity contribution is 0.0749. The molecule has 3 rings (SSSR count). The smallest absolute Gasteiger partial charge is 0.126 e. The summed E-state index contributed by atoms with van der Waals surface area (Å²) in [6.45, 7) is 4.99. The van der Waals surface area contributed by atoms with Gasteiger partial charge < -0.3 is 16.2 Å². The lowest BCUT2D eigenvalue weighted by atomic mass is 10.0. The van der Waals surface area contributed by atoms with Gasteiger partial charge in [-0.25, -0.2) is 4.98 Å². The number of nitrogens with zero attached hydrogens (tertiary/aromatic N) is 2. The number of aromatic nitrogens is 1. The van der Waals surface area contributed by atoms with Crippen molar-refractivity contribution in [1.82, 2.24) is 4.98 Å². The fraction of sp³-hybridized carbons (Fsp3) is 0.333. The second-order valence-corrected chi connectivity index (χ2v) is 6.50. The van der Waals surface area contributed by atoms with E-state index in [-0.39, 0.29) is 0 Å². The molecule has 0 fully saturated rings. The van der Waals surface area contributed by atoms with Crippen LogP contribution in [0.5, 0.6) is 0 Å². The lowest BCUT2D eigenvalue weighted by Gasteiger charge is -2.18. The van der Waals surface area contributed by atoms with Crippen LogP contribution in [0, 0.1) is 0 Å². The summed E-state index contributed by atoms with van der Waals surface area (Å²) in [6, 6.07) is 8.03. The third-order valence-corrected chi connectivity index (χ3v) is 3.90. The fourth-order valence-electron chi connectivity index (χ4n) is 2.63. The average molecular weight is 310 g/mol. The summed E-state index contributed by atoms with van der Waals surface area (Å²) >= 11 is 0. The molecular formula is C18H22N4O. The van der Waals surface area contributed by atoms with Gasteiger partial charge in [-0.2, -0.15) is 0 Å². The lowest BCUT2D eigenvalue weighted by Crippen LogP contribution is -2.22. The highest BCUT2D eigenvalue weighted by molar-refractivity contribution is 5.96. The van der Waals surface area contributed by atoms with E-state index in [9.17, 15) is 5.11 Å². The van der Waals surface area contributed by atoms with E-state index >= 15 is 0 Å². The van der Waals surface area contributed by atoms with E-state index in [0.29, 0.717) is 25.3 Å². The largest absolute Gasteiger partial charge is 0.390 e. The Bertz CT molecular complexity index is 787. The first-order chi connectivity index (χ1) is 10.9. The van der Waals surface area contributed by atoms with Gasteiger partial charge in [-0.15, -0.1) is 0 Å². The minimum atomic E-state index is -0.691. The number of aliphatic imine (C=N–C) groups is 1. The Morgan fingerprint density at radius 2 is 2.13 bits per heavy atom. The van der Waals surface area contributed by atoms with Crippen LogP contribution in [0.3, 0.4) is 0 Å². The highest BCUT2D eigenvalue weighted by atomic mass is 16.3. The van der Waals surface area contributed by atoms with Crippen molar-refractivity contribution in [3.05, 3.63) is 35.9 Å². The van der Waals surface area contributed by atoms with Crippen molar-refractivity contribution in [2.45, 2.75) is 25.9 Å². The molecule has 0 unspecified atom stereocenters. The van der Waals surface area contributed by atoms with Crippen molar-refractivity contribution >= 4 is 34.2 Å². The van der Waals surface area contributed by atoms with Gasteiger partial charge in [0, 0.05) is 29.9 Å². The number of hydrogen-bond acceptors (Lipinski definition) is 5. The van der Waals surface area contributed by atoms with Gasteiger partial charge in [-0.05, 0) is 43.5 Å². The predicted molar refractivity (Wildman–Crippen MR) is 96.9 cm³/mol. The monoisotopic (exact) mass is 310 g/mol. The Hall–Kier alpha value is -2.40. The van der Waals surface area contributed by atoms with Crippen molar-refractivity contribution in [2.24, 2.45) is 4.99 Å². The molecule has 0 radical (unpaired) electrons. The Labute approximate surface area is 136 Å². The molecule has 2 aromatic rings. The second kappa shape index (κ2) is 6.01. The molecule has 5 heteroatoms. The van der Waals surface area contributed by atoms with Gasteiger partial charge >= 0.3 is 0 Å². The molecule has 2 heterocycles. The number of allylic oxidation sites excluding steroid dienone is 1. The van der Waals surface area contributed by atoms with E-state index in [1.165, 1.54) is 5.57 Å². The van der Waals surface area contributed by atoms with Crippen molar-refractivity contribution in [3.63, 3.8) is 0 Å². The second-order valence-electron chi connectivity index (χ2n) is 6.50. The minimum absolute atomic E-state index is 0.483. The van der Waals surface area contributed by atoms with Gasteiger partial charge in [0.15, 0.2) is 0 Å². The number of pyridine rings is 1. The van der Waals surface area contributed by atoms with Gasteiger partial charge in [0.2, 0.25) is 0 Å². The zero-order valence-corrected chi connectivity index (χ0v) is 13.5. The SMILES string of the molecule is CC(C)(O)CCNc1cc(N)nc2cc(C3=CC=NC3)ccc12. The van der Waals surface area contributed by atoms with E-state index in [1.807, 2.05) is 24.4 Å². The van der Waals surface area contributed by atoms with E-state index in [4.69, 9.17) is 5.73 Å². The third-order valence-electron chi connectivity index (χ3n) is 3.90. The highest BCUT2D eigenvalue weighted by Gasteiger charge is 2.13. The van der Waals surface area contributed by atoms with Gasteiger partial charge in [0.05, 0.1) is 17.7 Å². The van der Waals surface area contributed by atoms with Crippen molar-refractivity contribution in [1.29, 1.82) is 0 Å². The molecule has 1 aliphatic rings. The Kier molecular flexibility index (Phi) is 4.05. The maximum Gasteiger partial charge on any atom is 0.126 e. The highest BCUT2D eigenvalue weighted by Crippen LogP contribution is 2.28. The van der Waals surface area contributed by atoms with Crippen molar-refractivity contribution in [2.75, 3.05) is 24.1 Å². The van der Waals surface area contributed by atoms with Crippen LogP contribution in [0.1, 0.15) is 25.8 Å². The molecule has 23 heavy (non-hydrogen) atoms. The van der Waals surface area contributed by atoms with Crippen LogP contribution >= 0.6 is 0 Å². The molecule has 5 nitrogen and oxygen atoms in total. The van der Waals surface area contributed by atoms with Crippen LogP contribution in [0.25, 0.3) is 16.5 Å². The first kappa shape index (κ1) is 15.5. The summed E-state index contributed by atoms with van der Waals surface area (Å²) < 4.78 is 0. The van der Waals surface area contributed by atoms with Gasteiger partial charge in [0.25, 0.3) is 0 Å². The molecule has 1 aromatic heterocycles.